The molecule has 0 amide bonds. The van der Waals surface area contributed by atoms with Gasteiger partial charge in [-0.2, -0.15) is 5.26 Å². The molecule has 5 nitrogen and oxygen atoms in total. The van der Waals surface area contributed by atoms with Gasteiger partial charge in [-0.3, -0.25) is 0 Å². The van der Waals surface area contributed by atoms with E-state index in [1.807, 2.05) is 62.4 Å². The first-order chi connectivity index (χ1) is 11.7. The van der Waals surface area contributed by atoms with Gasteiger partial charge in [-0.05, 0) is 36.6 Å². The maximum Gasteiger partial charge on any atom is 0.189 e. The third-order valence-corrected chi connectivity index (χ3v) is 4.04. The first kappa shape index (κ1) is 15.8. The second-order valence-corrected chi connectivity index (χ2v) is 5.63. The van der Waals surface area contributed by atoms with E-state index < -0.39 is 0 Å². The Balaban J connectivity index is 1.83. The fraction of sp³-hybridized carbons (Fsp3) is 0.211. The van der Waals surface area contributed by atoms with E-state index in [-0.39, 0.29) is 6.61 Å². The summed E-state index contributed by atoms with van der Waals surface area (Å²) in [5.41, 5.74) is 4.35. The molecule has 0 aliphatic heterocycles. The predicted molar refractivity (Wildman–Crippen MR) is 90.5 cm³/mol. The largest absolute Gasteiger partial charge is 0.487 e. The van der Waals surface area contributed by atoms with Gasteiger partial charge < -0.3 is 4.74 Å². The normalized spacial score (nSPS) is 10.4. The van der Waals surface area contributed by atoms with Crippen molar-refractivity contribution in [2.24, 2.45) is 0 Å². The Morgan fingerprint density at radius 1 is 1.08 bits per heavy atom. The number of aromatic nitrogens is 3. The van der Waals surface area contributed by atoms with Crippen LogP contribution in [0.1, 0.15) is 28.1 Å². The Hall–Kier alpha value is -3.13. The summed E-state index contributed by atoms with van der Waals surface area (Å²) in [5.74, 6) is 0.811. The van der Waals surface area contributed by atoms with Crippen LogP contribution in [0.5, 0.6) is 5.75 Å². The Labute approximate surface area is 141 Å². The Morgan fingerprint density at radius 2 is 1.88 bits per heavy atom. The van der Waals surface area contributed by atoms with Crippen LogP contribution in [-0.4, -0.2) is 15.0 Å². The molecule has 1 aromatic heterocycles. The number of benzene rings is 2. The van der Waals surface area contributed by atoms with Crippen molar-refractivity contribution in [3.63, 3.8) is 0 Å². The standard InChI is InChI=1S/C19H18N4O/c1-14-7-6-10-19(15(14)2)24-13-18-17(11-20)21-22-23(18)12-16-8-4-3-5-9-16/h3-10H,12-13H2,1-2H3. The van der Waals surface area contributed by atoms with Gasteiger partial charge in [0, 0.05) is 0 Å². The molecule has 3 rings (SSSR count). The molecular formula is C19H18N4O. The fourth-order valence-corrected chi connectivity index (χ4v) is 2.47. The molecule has 24 heavy (non-hydrogen) atoms. The quantitative estimate of drug-likeness (QED) is 0.723. The molecule has 1 heterocycles. The van der Waals surface area contributed by atoms with Crippen LogP contribution in [0.3, 0.4) is 0 Å². The van der Waals surface area contributed by atoms with Crippen molar-refractivity contribution in [2.45, 2.75) is 27.0 Å². The number of nitrogens with zero attached hydrogens (tertiary/aromatic N) is 4. The molecule has 0 unspecified atom stereocenters. The summed E-state index contributed by atoms with van der Waals surface area (Å²) < 4.78 is 7.65. The maximum atomic E-state index is 9.27. The highest BCUT2D eigenvalue weighted by molar-refractivity contribution is 5.38. The van der Waals surface area contributed by atoms with Gasteiger partial charge in [0.2, 0.25) is 0 Å². The minimum atomic E-state index is 0.257. The van der Waals surface area contributed by atoms with Crippen LogP contribution in [0.15, 0.2) is 48.5 Å². The van der Waals surface area contributed by atoms with Gasteiger partial charge in [0.15, 0.2) is 5.69 Å². The van der Waals surface area contributed by atoms with E-state index in [4.69, 9.17) is 4.74 Å². The molecule has 0 fully saturated rings. The minimum Gasteiger partial charge on any atom is -0.487 e. The summed E-state index contributed by atoms with van der Waals surface area (Å²) >= 11 is 0. The smallest absolute Gasteiger partial charge is 0.189 e. The molecule has 0 saturated carbocycles. The van der Waals surface area contributed by atoms with Gasteiger partial charge in [-0.1, -0.05) is 47.7 Å². The van der Waals surface area contributed by atoms with Crippen LogP contribution in [0.25, 0.3) is 0 Å². The molecule has 0 radical (unpaired) electrons. The SMILES string of the molecule is Cc1cccc(OCc2c(C#N)nnn2Cc2ccccc2)c1C. The fourth-order valence-electron chi connectivity index (χ4n) is 2.47. The van der Waals surface area contributed by atoms with Crippen molar-refractivity contribution in [3.8, 4) is 11.8 Å². The van der Waals surface area contributed by atoms with Crippen LogP contribution in [0.4, 0.5) is 0 Å². The van der Waals surface area contributed by atoms with Gasteiger partial charge in [0.25, 0.3) is 0 Å². The number of rotatable bonds is 5. The summed E-state index contributed by atoms with van der Waals surface area (Å²) in [5, 5.41) is 17.3. The van der Waals surface area contributed by atoms with E-state index >= 15 is 0 Å². The number of hydrogen-bond acceptors (Lipinski definition) is 4. The second-order valence-electron chi connectivity index (χ2n) is 5.63. The van der Waals surface area contributed by atoms with E-state index in [9.17, 15) is 5.26 Å². The van der Waals surface area contributed by atoms with Crippen molar-refractivity contribution in [2.75, 3.05) is 0 Å². The lowest BCUT2D eigenvalue weighted by molar-refractivity contribution is 0.290. The summed E-state index contributed by atoms with van der Waals surface area (Å²) in [6.45, 7) is 4.88. The van der Waals surface area contributed by atoms with Gasteiger partial charge in [-0.15, -0.1) is 5.10 Å². The van der Waals surface area contributed by atoms with Gasteiger partial charge in [0.05, 0.1) is 6.54 Å². The topological polar surface area (TPSA) is 63.7 Å². The number of ether oxygens (including phenoxy) is 1. The van der Waals surface area contributed by atoms with E-state index in [0.29, 0.717) is 17.9 Å². The van der Waals surface area contributed by atoms with Crippen molar-refractivity contribution in [3.05, 3.63) is 76.6 Å². The summed E-state index contributed by atoms with van der Waals surface area (Å²) in [6, 6.07) is 18.0. The lowest BCUT2D eigenvalue weighted by Gasteiger charge is -2.12. The summed E-state index contributed by atoms with van der Waals surface area (Å²) in [7, 11) is 0. The molecule has 0 atom stereocenters. The van der Waals surface area contributed by atoms with Crippen LogP contribution in [-0.2, 0) is 13.2 Å². The van der Waals surface area contributed by atoms with Crippen molar-refractivity contribution in [1.82, 2.24) is 15.0 Å². The van der Waals surface area contributed by atoms with Gasteiger partial charge in [0.1, 0.15) is 24.1 Å². The highest BCUT2D eigenvalue weighted by Crippen LogP contribution is 2.22. The molecule has 2 aromatic carbocycles. The molecule has 120 valence electrons. The van der Waals surface area contributed by atoms with E-state index in [1.54, 1.807) is 4.68 Å². The maximum absolute atomic E-state index is 9.27. The first-order valence-electron chi connectivity index (χ1n) is 7.74. The van der Waals surface area contributed by atoms with Crippen LogP contribution >= 0.6 is 0 Å². The highest BCUT2D eigenvalue weighted by Gasteiger charge is 2.14. The molecule has 0 bridgehead atoms. The lowest BCUT2D eigenvalue weighted by atomic mass is 10.1. The predicted octanol–water partition coefficient (Wildman–Crippen LogP) is 3.39. The monoisotopic (exact) mass is 318 g/mol. The molecule has 0 aliphatic carbocycles. The van der Waals surface area contributed by atoms with Crippen molar-refractivity contribution < 1.29 is 4.74 Å². The third-order valence-electron chi connectivity index (χ3n) is 4.04. The molecule has 3 aromatic rings. The third kappa shape index (κ3) is 3.28. The zero-order valence-corrected chi connectivity index (χ0v) is 13.7. The number of aryl methyl sites for hydroxylation is 1. The van der Waals surface area contributed by atoms with Gasteiger partial charge >= 0.3 is 0 Å². The average Bonchev–Trinajstić information content (AvgIpc) is 2.99. The Bertz CT molecular complexity index is 878. The zero-order valence-electron chi connectivity index (χ0n) is 13.7. The van der Waals surface area contributed by atoms with E-state index in [2.05, 4.69) is 16.4 Å². The van der Waals surface area contributed by atoms with E-state index in [1.165, 1.54) is 5.56 Å². The molecule has 5 heteroatoms. The van der Waals surface area contributed by atoms with E-state index in [0.717, 1.165) is 16.9 Å². The summed E-state index contributed by atoms with van der Waals surface area (Å²) in [6.07, 6.45) is 0. The lowest BCUT2D eigenvalue weighted by Crippen LogP contribution is -2.10. The molecular weight excluding hydrogens is 300 g/mol. The number of nitriles is 1. The second kappa shape index (κ2) is 6.97. The highest BCUT2D eigenvalue weighted by atomic mass is 16.5. The number of hydrogen-bond donors (Lipinski definition) is 0. The van der Waals surface area contributed by atoms with Gasteiger partial charge in [-0.25, -0.2) is 4.68 Å². The summed E-state index contributed by atoms with van der Waals surface area (Å²) in [4.78, 5) is 0. The average molecular weight is 318 g/mol. The molecule has 0 spiro atoms. The molecule has 0 aliphatic rings. The zero-order chi connectivity index (χ0) is 16.9. The molecule has 0 saturated heterocycles. The van der Waals surface area contributed by atoms with Crippen LogP contribution in [0, 0.1) is 25.2 Å². The Morgan fingerprint density at radius 3 is 2.62 bits per heavy atom. The first-order valence-corrected chi connectivity index (χ1v) is 7.74. The van der Waals surface area contributed by atoms with Crippen LogP contribution < -0.4 is 4.74 Å². The van der Waals surface area contributed by atoms with Crippen LogP contribution in [0.2, 0.25) is 0 Å². The van der Waals surface area contributed by atoms with Crippen molar-refractivity contribution >= 4 is 0 Å². The minimum absolute atomic E-state index is 0.257. The Kier molecular flexibility index (Phi) is 4.57. The van der Waals surface area contributed by atoms with Crippen molar-refractivity contribution in [1.29, 1.82) is 5.26 Å². The molecule has 0 N–H and O–H groups in total.